The van der Waals surface area contributed by atoms with Crippen molar-refractivity contribution < 1.29 is 13.5 Å². The summed E-state index contributed by atoms with van der Waals surface area (Å²) in [5, 5.41) is 9.40. The Morgan fingerprint density at radius 2 is 2.00 bits per heavy atom. The lowest BCUT2D eigenvalue weighted by Crippen LogP contribution is -2.20. The lowest BCUT2D eigenvalue weighted by Gasteiger charge is -2.11. The highest BCUT2D eigenvalue weighted by molar-refractivity contribution is 7.90. The van der Waals surface area contributed by atoms with E-state index in [1.54, 1.807) is 18.2 Å². The third kappa shape index (κ3) is 3.01. The zero-order valence-corrected chi connectivity index (χ0v) is 8.66. The Labute approximate surface area is 83.3 Å². The van der Waals surface area contributed by atoms with Gasteiger partial charge in [-0.1, -0.05) is 18.2 Å². The SMILES string of the molecule is CS(=O)(=O)CC(N)c1ccccc1O. The summed E-state index contributed by atoms with van der Waals surface area (Å²) in [6, 6.07) is 5.79. The number of sulfone groups is 1. The van der Waals surface area contributed by atoms with Crippen molar-refractivity contribution in [1.82, 2.24) is 0 Å². The van der Waals surface area contributed by atoms with Crippen molar-refractivity contribution in [1.29, 1.82) is 0 Å². The first-order valence-electron chi connectivity index (χ1n) is 4.11. The summed E-state index contributed by atoms with van der Waals surface area (Å²) in [5.74, 6) is -0.131. The number of aromatic hydroxyl groups is 1. The normalized spacial score (nSPS) is 13.9. The molecule has 0 saturated heterocycles. The first-order chi connectivity index (χ1) is 6.40. The van der Waals surface area contributed by atoms with Crippen LogP contribution in [0.2, 0.25) is 0 Å². The smallest absolute Gasteiger partial charge is 0.149 e. The van der Waals surface area contributed by atoms with Crippen LogP contribution in [0.15, 0.2) is 24.3 Å². The van der Waals surface area contributed by atoms with E-state index in [0.29, 0.717) is 5.56 Å². The molecule has 1 atom stereocenters. The summed E-state index contributed by atoms with van der Waals surface area (Å²) in [4.78, 5) is 0. The molecule has 0 heterocycles. The first-order valence-corrected chi connectivity index (χ1v) is 6.17. The van der Waals surface area contributed by atoms with E-state index in [1.165, 1.54) is 6.07 Å². The molecule has 1 aromatic carbocycles. The number of phenolic OH excluding ortho intramolecular Hbond substituents is 1. The molecule has 3 N–H and O–H groups in total. The monoisotopic (exact) mass is 215 g/mol. The number of rotatable bonds is 3. The van der Waals surface area contributed by atoms with Gasteiger partial charge in [0, 0.05) is 17.9 Å². The maximum atomic E-state index is 11.0. The Kier molecular flexibility index (Phi) is 3.13. The number of phenols is 1. The third-order valence-electron chi connectivity index (χ3n) is 1.82. The topological polar surface area (TPSA) is 80.4 Å². The Balaban J connectivity index is 2.90. The highest BCUT2D eigenvalue weighted by Crippen LogP contribution is 2.22. The second kappa shape index (κ2) is 3.98. The lowest BCUT2D eigenvalue weighted by atomic mass is 10.1. The van der Waals surface area contributed by atoms with Gasteiger partial charge in [0.25, 0.3) is 0 Å². The number of benzene rings is 1. The number of para-hydroxylation sites is 1. The van der Waals surface area contributed by atoms with E-state index in [1.807, 2.05) is 0 Å². The molecule has 0 aliphatic rings. The van der Waals surface area contributed by atoms with Crippen LogP contribution in [-0.4, -0.2) is 25.5 Å². The molecule has 0 aliphatic carbocycles. The molecular formula is C9H13NO3S. The molecule has 1 rings (SSSR count). The van der Waals surface area contributed by atoms with E-state index in [0.717, 1.165) is 6.26 Å². The van der Waals surface area contributed by atoms with Gasteiger partial charge in [0.1, 0.15) is 15.6 Å². The zero-order valence-electron chi connectivity index (χ0n) is 7.84. The van der Waals surface area contributed by atoms with Gasteiger partial charge in [0.05, 0.1) is 5.75 Å². The van der Waals surface area contributed by atoms with Crippen LogP contribution in [0.25, 0.3) is 0 Å². The van der Waals surface area contributed by atoms with Crippen molar-refractivity contribution >= 4 is 9.84 Å². The fourth-order valence-corrected chi connectivity index (χ4v) is 2.05. The maximum Gasteiger partial charge on any atom is 0.149 e. The average molecular weight is 215 g/mol. The molecule has 0 aliphatic heterocycles. The molecular weight excluding hydrogens is 202 g/mol. The molecule has 0 radical (unpaired) electrons. The Hall–Kier alpha value is -1.07. The van der Waals surface area contributed by atoms with Crippen molar-refractivity contribution in [3.05, 3.63) is 29.8 Å². The van der Waals surface area contributed by atoms with Crippen LogP contribution in [0.3, 0.4) is 0 Å². The largest absolute Gasteiger partial charge is 0.508 e. The molecule has 0 fully saturated rings. The quantitative estimate of drug-likeness (QED) is 0.766. The van der Waals surface area contributed by atoms with Gasteiger partial charge < -0.3 is 10.8 Å². The van der Waals surface area contributed by atoms with Crippen molar-refractivity contribution in [2.75, 3.05) is 12.0 Å². The summed E-state index contributed by atoms with van der Waals surface area (Å²) < 4.78 is 21.9. The van der Waals surface area contributed by atoms with Gasteiger partial charge in [0.2, 0.25) is 0 Å². The van der Waals surface area contributed by atoms with Crippen molar-refractivity contribution in [3.63, 3.8) is 0 Å². The summed E-state index contributed by atoms with van der Waals surface area (Å²) in [6.07, 6.45) is 1.12. The molecule has 0 saturated carbocycles. The second-order valence-electron chi connectivity index (χ2n) is 3.26. The summed E-state index contributed by atoms with van der Waals surface area (Å²) in [5.41, 5.74) is 6.10. The van der Waals surface area contributed by atoms with Crippen LogP contribution in [0.5, 0.6) is 5.75 Å². The highest BCUT2D eigenvalue weighted by atomic mass is 32.2. The van der Waals surface area contributed by atoms with Gasteiger partial charge in [-0.25, -0.2) is 8.42 Å². The van der Waals surface area contributed by atoms with E-state index < -0.39 is 15.9 Å². The fraction of sp³-hybridized carbons (Fsp3) is 0.333. The Morgan fingerprint density at radius 3 is 2.50 bits per heavy atom. The molecule has 0 aromatic heterocycles. The molecule has 1 unspecified atom stereocenters. The minimum Gasteiger partial charge on any atom is -0.508 e. The summed E-state index contributed by atoms with van der Waals surface area (Å²) in [6.45, 7) is 0. The molecule has 78 valence electrons. The molecule has 1 aromatic rings. The minimum absolute atomic E-state index is 0.0312. The lowest BCUT2D eigenvalue weighted by molar-refractivity contribution is 0.463. The van der Waals surface area contributed by atoms with Gasteiger partial charge in [-0.15, -0.1) is 0 Å². The van der Waals surface area contributed by atoms with Crippen molar-refractivity contribution in [3.8, 4) is 5.75 Å². The van der Waals surface area contributed by atoms with Crippen LogP contribution in [0.1, 0.15) is 11.6 Å². The fourth-order valence-electron chi connectivity index (χ4n) is 1.22. The van der Waals surface area contributed by atoms with E-state index >= 15 is 0 Å². The second-order valence-corrected chi connectivity index (χ2v) is 5.44. The van der Waals surface area contributed by atoms with Crippen molar-refractivity contribution in [2.45, 2.75) is 6.04 Å². The van der Waals surface area contributed by atoms with Crippen LogP contribution in [0, 0.1) is 0 Å². The number of hydrogen-bond donors (Lipinski definition) is 2. The van der Waals surface area contributed by atoms with Crippen LogP contribution < -0.4 is 5.73 Å². The van der Waals surface area contributed by atoms with Gasteiger partial charge in [-0.3, -0.25) is 0 Å². The molecule has 14 heavy (non-hydrogen) atoms. The molecule has 0 spiro atoms. The van der Waals surface area contributed by atoms with Gasteiger partial charge >= 0.3 is 0 Å². The maximum absolute atomic E-state index is 11.0. The predicted molar refractivity (Wildman–Crippen MR) is 54.7 cm³/mol. The number of hydrogen-bond acceptors (Lipinski definition) is 4. The zero-order chi connectivity index (χ0) is 10.8. The summed E-state index contributed by atoms with van der Waals surface area (Å²) >= 11 is 0. The summed E-state index contributed by atoms with van der Waals surface area (Å²) in [7, 11) is -3.12. The van der Waals surface area contributed by atoms with E-state index in [9.17, 15) is 13.5 Å². The highest BCUT2D eigenvalue weighted by Gasteiger charge is 2.15. The number of nitrogens with two attached hydrogens (primary N) is 1. The van der Waals surface area contributed by atoms with Gasteiger partial charge in [0.15, 0.2) is 0 Å². The van der Waals surface area contributed by atoms with Crippen molar-refractivity contribution in [2.24, 2.45) is 5.73 Å². The van der Waals surface area contributed by atoms with E-state index in [-0.39, 0.29) is 11.5 Å². The minimum atomic E-state index is -3.12. The van der Waals surface area contributed by atoms with Crippen LogP contribution >= 0.6 is 0 Å². The molecule has 0 bridgehead atoms. The molecule has 4 nitrogen and oxygen atoms in total. The Bertz CT molecular complexity index is 414. The molecule has 0 amide bonds. The van der Waals surface area contributed by atoms with Crippen LogP contribution in [-0.2, 0) is 9.84 Å². The van der Waals surface area contributed by atoms with E-state index in [4.69, 9.17) is 5.73 Å². The van der Waals surface area contributed by atoms with Gasteiger partial charge in [-0.05, 0) is 6.07 Å². The van der Waals surface area contributed by atoms with E-state index in [2.05, 4.69) is 0 Å². The third-order valence-corrected chi connectivity index (χ3v) is 2.78. The standard InChI is InChI=1S/C9H13NO3S/c1-14(12,13)6-8(10)7-4-2-3-5-9(7)11/h2-5,8,11H,6,10H2,1H3. The molecule has 5 heteroatoms. The average Bonchev–Trinajstić information content (AvgIpc) is 2.01. The van der Waals surface area contributed by atoms with Gasteiger partial charge in [-0.2, -0.15) is 0 Å². The first kappa shape index (κ1) is 11.0. The van der Waals surface area contributed by atoms with Crippen LogP contribution in [0.4, 0.5) is 0 Å². The Morgan fingerprint density at radius 1 is 1.43 bits per heavy atom. The predicted octanol–water partition coefficient (Wildman–Crippen LogP) is 0.437.